The van der Waals surface area contributed by atoms with Crippen molar-refractivity contribution in [3.8, 4) is 16.8 Å². The smallest absolute Gasteiger partial charge is 0.0728 e. The van der Waals surface area contributed by atoms with Crippen molar-refractivity contribution in [1.29, 1.82) is 0 Å². The standard InChI is InChI=1S/C38H22N2S/c1-2-10-25(11-3-1)39-32-15-7-4-12-26(32)29-20-23(18-19-34(29)39)24-21-30-27-13-5-8-16-33(27)40-36(30)31(22-24)38-37(40)28-14-6-9-17-35(28)41-38/h1-22H. The van der Waals surface area contributed by atoms with Crippen molar-refractivity contribution in [3.63, 3.8) is 0 Å². The second-order valence-electron chi connectivity index (χ2n) is 11.0. The van der Waals surface area contributed by atoms with Gasteiger partial charge in [0.25, 0.3) is 0 Å². The number of para-hydroxylation sites is 3. The maximum absolute atomic E-state index is 2.51. The van der Waals surface area contributed by atoms with E-state index >= 15 is 0 Å². The summed E-state index contributed by atoms with van der Waals surface area (Å²) in [4.78, 5) is 0. The zero-order chi connectivity index (χ0) is 26.7. The van der Waals surface area contributed by atoms with Crippen LogP contribution in [0.1, 0.15) is 0 Å². The molecule has 0 spiro atoms. The van der Waals surface area contributed by atoms with Crippen molar-refractivity contribution in [2.45, 2.75) is 0 Å². The van der Waals surface area contributed by atoms with Gasteiger partial charge in [-0.15, -0.1) is 11.3 Å². The average molecular weight is 539 g/mol. The van der Waals surface area contributed by atoms with E-state index in [1.807, 2.05) is 11.3 Å². The molecule has 0 bridgehead atoms. The van der Waals surface area contributed by atoms with Gasteiger partial charge in [0.1, 0.15) is 0 Å². The third-order valence-electron chi connectivity index (χ3n) is 8.83. The highest BCUT2D eigenvalue weighted by Gasteiger charge is 2.22. The molecule has 6 aromatic carbocycles. The molecule has 0 fully saturated rings. The van der Waals surface area contributed by atoms with E-state index in [1.54, 1.807) is 0 Å². The lowest BCUT2D eigenvalue weighted by molar-refractivity contribution is 1.18. The number of rotatable bonds is 2. The van der Waals surface area contributed by atoms with Gasteiger partial charge in [0.15, 0.2) is 0 Å². The molecule has 2 nitrogen and oxygen atoms in total. The Kier molecular flexibility index (Phi) is 4.10. The minimum Gasteiger partial charge on any atom is -0.309 e. The first kappa shape index (κ1) is 21.7. The third-order valence-corrected chi connectivity index (χ3v) is 10.0. The van der Waals surface area contributed by atoms with Crippen LogP contribution < -0.4 is 0 Å². The topological polar surface area (TPSA) is 9.34 Å². The minimum atomic E-state index is 1.19. The minimum absolute atomic E-state index is 1.19. The largest absolute Gasteiger partial charge is 0.309 e. The van der Waals surface area contributed by atoms with Crippen LogP contribution in [0.3, 0.4) is 0 Å². The van der Waals surface area contributed by atoms with Gasteiger partial charge in [-0.25, -0.2) is 0 Å². The Balaban J connectivity index is 1.31. The molecule has 0 N–H and O–H groups in total. The molecule has 0 unspecified atom stereocenters. The van der Waals surface area contributed by atoms with Crippen LogP contribution in [0.2, 0.25) is 0 Å². The third kappa shape index (κ3) is 2.76. The van der Waals surface area contributed by atoms with E-state index < -0.39 is 0 Å². The number of aromatic nitrogens is 2. The molecule has 190 valence electrons. The van der Waals surface area contributed by atoms with Crippen molar-refractivity contribution >= 4 is 80.6 Å². The molecule has 4 heterocycles. The summed E-state index contributed by atoms with van der Waals surface area (Å²) in [6.45, 7) is 0. The Morgan fingerprint density at radius 3 is 1.90 bits per heavy atom. The molecule has 0 atom stereocenters. The molecule has 0 saturated carbocycles. The molecule has 0 amide bonds. The summed E-state index contributed by atoms with van der Waals surface area (Å²) in [7, 11) is 0. The molecular formula is C38H22N2S. The summed E-state index contributed by atoms with van der Waals surface area (Å²) in [5, 5.41) is 7.88. The zero-order valence-corrected chi connectivity index (χ0v) is 22.8. The van der Waals surface area contributed by atoms with Crippen LogP contribution >= 0.6 is 11.3 Å². The van der Waals surface area contributed by atoms with Gasteiger partial charge in [-0.2, -0.15) is 0 Å². The van der Waals surface area contributed by atoms with Crippen molar-refractivity contribution in [2.24, 2.45) is 0 Å². The summed E-state index contributed by atoms with van der Waals surface area (Å²) in [6, 6.07) is 49.0. The molecule has 0 radical (unpaired) electrons. The van der Waals surface area contributed by atoms with Crippen LogP contribution in [-0.4, -0.2) is 8.97 Å². The lowest BCUT2D eigenvalue weighted by atomic mass is 9.99. The molecule has 3 heteroatoms. The van der Waals surface area contributed by atoms with Gasteiger partial charge in [0.05, 0.1) is 32.3 Å². The predicted molar refractivity (Wildman–Crippen MR) is 176 cm³/mol. The Morgan fingerprint density at radius 2 is 1.05 bits per heavy atom. The first-order valence-corrected chi connectivity index (χ1v) is 14.9. The number of fused-ring (bicyclic) bond motifs is 11. The van der Waals surface area contributed by atoms with E-state index in [1.165, 1.54) is 86.1 Å². The molecule has 0 aliphatic heterocycles. The van der Waals surface area contributed by atoms with E-state index in [-0.39, 0.29) is 0 Å². The quantitative estimate of drug-likeness (QED) is 0.207. The monoisotopic (exact) mass is 538 g/mol. The summed E-state index contributed by atoms with van der Waals surface area (Å²) >= 11 is 1.91. The van der Waals surface area contributed by atoms with Crippen molar-refractivity contribution in [1.82, 2.24) is 8.97 Å². The SMILES string of the molecule is c1ccc(-n2c3ccccc3c3cc(-c4cc5c6ccccc6n6c5c(c4)c4sc5ccccc5c46)ccc32)cc1. The van der Waals surface area contributed by atoms with Crippen molar-refractivity contribution < 1.29 is 0 Å². The zero-order valence-electron chi connectivity index (χ0n) is 22.0. The molecular weight excluding hydrogens is 516 g/mol. The first-order chi connectivity index (χ1) is 20.3. The molecule has 0 aliphatic carbocycles. The molecule has 10 aromatic rings. The van der Waals surface area contributed by atoms with Crippen molar-refractivity contribution in [2.75, 3.05) is 0 Å². The summed E-state index contributed by atoms with van der Waals surface area (Å²) in [5.41, 5.74) is 10.1. The Morgan fingerprint density at radius 1 is 0.415 bits per heavy atom. The van der Waals surface area contributed by atoms with Gasteiger partial charge in [-0.3, -0.25) is 0 Å². The van der Waals surface area contributed by atoms with Gasteiger partial charge in [0.2, 0.25) is 0 Å². The Hall–Kier alpha value is -5.12. The van der Waals surface area contributed by atoms with Crippen molar-refractivity contribution in [3.05, 3.63) is 133 Å². The van der Waals surface area contributed by atoms with Crippen LogP contribution in [0.5, 0.6) is 0 Å². The van der Waals surface area contributed by atoms with Crippen LogP contribution in [0.25, 0.3) is 86.1 Å². The molecule has 4 aromatic heterocycles. The number of hydrogen-bond acceptors (Lipinski definition) is 1. The van der Waals surface area contributed by atoms with E-state index in [0.29, 0.717) is 0 Å². The van der Waals surface area contributed by atoms with Crippen LogP contribution in [0, 0.1) is 0 Å². The summed E-state index contributed by atoms with van der Waals surface area (Å²) in [5.74, 6) is 0. The number of hydrogen-bond donors (Lipinski definition) is 0. The van der Waals surface area contributed by atoms with E-state index in [9.17, 15) is 0 Å². The predicted octanol–water partition coefficient (Wildman–Crippen LogP) is 10.8. The van der Waals surface area contributed by atoms with E-state index in [0.717, 1.165) is 0 Å². The number of thiophene rings is 1. The molecule has 10 rings (SSSR count). The normalized spacial score (nSPS) is 12.4. The maximum Gasteiger partial charge on any atom is 0.0728 e. The number of benzene rings is 6. The Bertz CT molecular complexity index is 2630. The highest BCUT2D eigenvalue weighted by Crippen LogP contribution is 2.47. The van der Waals surface area contributed by atoms with Gasteiger partial charge in [0, 0.05) is 42.7 Å². The van der Waals surface area contributed by atoms with E-state index in [4.69, 9.17) is 0 Å². The number of nitrogens with zero attached hydrogens (tertiary/aromatic N) is 2. The van der Waals surface area contributed by atoms with Crippen LogP contribution in [0.15, 0.2) is 133 Å². The fraction of sp³-hybridized carbons (Fsp3) is 0. The second kappa shape index (κ2) is 7.75. The van der Waals surface area contributed by atoms with Gasteiger partial charge in [-0.1, -0.05) is 78.9 Å². The highest BCUT2D eigenvalue weighted by atomic mass is 32.1. The fourth-order valence-electron chi connectivity index (χ4n) is 7.11. The van der Waals surface area contributed by atoms with Crippen LogP contribution in [-0.2, 0) is 0 Å². The van der Waals surface area contributed by atoms with Gasteiger partial charge in [-0.05, 0) is 65.7 Å². The van der Waals surface area contributed by atoms with Gasteiger partial charge < -0.3 is 8.97 Å². The Labute approximate surface area is 239 Å². The second-order valence-corrected chi connectivity index (χ2v) is 12.0. The molecule has 0 saturated heterocycles. The highest BCUT2D eigenvalue weighted by molar-refractivity contribution is 7.26. The molecule has 0 aliphatic rings. The summed E-state index contributed by atoms with van der Waals surface area (Å²) < 4.78 is 7.61. The lowest BCUT2D eigenvalue weighted by Crippen LogP contribution is -1.92. The maximum atomic E-state index is 2.51. The lowest BCUT2D eigenvalue weighted by Gasteiger charge is -2.08. The van der Waals surface area contributed by atoms with E-state index in [2.05, 4.69) is 142 Å². The average Bonchev–Trinajstić information content (AvgIpc) is 3.75. The summed E-state index contributed by atoms with van der Waals surface area (Å²) in [6.07, 6.45) is 0. The van der Waals surface area contributed by atoms with Gasteiger partial charge >= 0.3 is 0 Å². The fourth-order valence-corrected chi connectivity index (χ4v) is 8.32. The van der Waals surface area contributed by atoms with Crippen LogP contribution in [0.4, 0.5) is 0 Å². The molecule has 41 heavy (non-hydrogen) atoms. The first-order valence-electron chi connectivity index (χ1n) is 14.0.